The molecule has 7 heteroatoms. The number of nitrogens with zero attached hydrogens (tertiary/aromatic N) is 2. The number of anilines is 1. The summed E-state index contributed by atoms with van der Waals surface area (Å²) in [5.74, 6) is -1.17. The molecule has 3 aromatic rings. The van der Waals surface area contributed by atoms with Crippen LogP contribution in [0.25, 0.3) is 5.69 Å². The van der Waals surface area contributed by atoms with Gasteiger partial charge in [0.05, 0.1) is 17.1 Å². The van der Waals surface area contributed by atoms with Gasteiger partial charge in [-0.1, -0.05) is 32.0 Å². The number of ether oxygens (including phenoxy) is 1. The predicted octanol–water partition coefficient (Wildman–Crippen LogP) is 4.12. The minimum Gasteiger partial charge on any atom is -0.454 e. The van der Waals surface area contributed by atoms with Crippen LogP contribution in [0.1, 0.15) is 46.0 Å². The second-order valence-electron chi connectivity index (χ2n) is 7.51. The number of Topliss-reactive ketones (excluding diaryl/α,β-unsaturated/α-hetero) is 1. The van der Waals surface area contributed by atoms with Crippen LogP contribution in [0.4, 0.5) is 5.69 Å². The number of esters is 1. The van der Waals surface area contributed by atoms with E-state index in [2.05, 4.69) is 10.4 Å². The predicted molar refractivity (Wildman–Crippen MR) is 118 cm³/mol. The van der Waals surface area contributed by atoms with Crippen molar-refractivity contribution < 1.29 is 19.1 Å². The van der Waals surface area contributed by atoms with Gasteiger partial charge >= 0.3 is 5.97 Å². The average molecular weight is 419 g/mol. The average Bonchev–Trinajstić information content (AvgIpc) is 3.06. The van der Waals surface area contributed by atoms with E-state index in [1.807, 2.05) is 30.3 Å². The number of para-hydroxylation sites is 1. The molecular formula is C24H25N3O4. The first kappa shape index (κ1) is 22.0. The normalized spacial score (nSPS) is 10.7. The third kappa shape index (κ3) is 5.06. The molecule has 1 N–H and O–H groups in total. The monoisotopic (exact) mass is 419 g/mol. The topological polar surface area (TPSA) is 90.3 Å². The van der Waals surface area contributed by atoms with Crippen molar-refractivity contribution in [2.45, 2.75) is 27.7 Å². The second-order valence-corrected chi connectivity index (χ2v) is 7.51. The zero-order valence-electron chi connectivity index (χ0n) is 18.0. The van der Waals surface area contributed by atoms with E-state index in [0.29, 0.717) is 28.2 Å². The lowest BCUT2D eigenvalue weighted by molar-refractivity contribution is -0.118. The molecule has 0 saturated heterocycles. The van der Waals surface area contributed by atoms with Gasteiger partial charge in [-0.05, 0) is 50.2 Å². The minimum atomic E-state index is -0.591. The number of amides is 1. The second kappa shape index (κ2) is 9.38. The first-order valence-electron chi connectivity index (χ1n) is 10.0. The standard InChI is InChI=1S/C24H25N3O4/c1-15(2)23(29)25-19-12-10-18(11-13-19)21(28)14-31-24(30)22-16(3)26-27(17(22)4)20-8-6-5-7-9-20/h5-13,15H,14H2,1-4H3,(H,25,29). The van der Waals surface area contributed by atoms with Crippen LogP contribution >= 0.6 is 0 Å². The van der Waals surface area contributed by atoms with Gasteiger partial charge in [0, 0.05) is 17.2 Å². The molecule has 3 rings (SSSR count). The summed E-state index contributed by atoms with van der Waals surface area (Å²) in [5, 5.41) is 7.19. The van der Waals surface area contributed by atoms with Gasteiger partial charge in [-0.15, -0.1) is 0 Å². The van der Waals surface area contributed by atoms with Crippen LogP contribution in [-0.4, -0.2) is 34.0 Å². The van der Waals surface area contributed by atoms with Crippen LogP contribution in [0, 0.1) is 19.8 Å². The van der Waals surface area contributed by atoms with Gasteiger partial charge in [0.2, 0.25) is 5.91 Å². The molecule has 0 aliphatic carbocycles. The molecule has 31 heavy (non-hydrogen) atoms. The number of aromatic nitrogens is 2. The molecule has 0 aliphatic rings. The van der Waals surface area contributed by atoms with Gasteiger partial charge < -0.3 is 10.1 Å². The third-order valence-electron chi connectivity index (χ3n) is 4.83. The number of hydrogen-bond donors (Lipinski definition) is 1. The summed E-state index contributed by atoms with van der Waals surface area (Å²) in [6.07, 6.45) is 0. The number of hydrogen-bond acceptors (Lipinski definition) is 5. The summed E-state index contributed by atoms with van der Waals surface area (Å²) >= 11 is 0. The van der Waals surface area contributed by atoms with Gasteiger partial charge in [-0.2, -0.15) is 5.10 Å². The first-order chi connectivity index (χ1) is 14.8. The summed E-state index contributed by atoms with van der Waals surface area (Å²) in [7, 11) is 0. The highest BCUT2D eigenvalue weighted by atomic mass is 16.5. The first-order valence-corrected chi connectivity index (χ1v) is 10.0. The Morgan fingerprint density at radius 3 is 2.26 bits per heavy atom. The highest BCUT2D eigenvalue weighted by molar-refractivity contribution is 6.00. The van der Waals surface area contributed by atoms with Gasteiger partial charge in [0.15, 0.2) is 12.4 Å². The molecule has 1 amide bonds. The van der Waals surface area contributed by atoms with Crippen molar-refractivity contribution in [2.75, 3.05) is 11.9 Å². The maximum atomic E-state index is 12.6. The summed E-state index contributed by atoms with van der Waals surface area (Å²) in [5.41, 5.74) is 3.36. The Morgan fingerprint density at radius 2 is 1.65 bits per heavy atom. The number of ketones is 1. The van der Waals surface area contributed by atoms with Crippen LogP contribution in [0.3, 0.4) is 0 Å². The van der Waals surface area contributed by atoms with Crippen LogP contribution in [0.2, 0.25) is 0 Å². The highest BCUT2D eigenvalue weighted by Crippen LogP contribution is 2.19. The fraction of sp³-hybridized carbons (Fsp3) is 0.250. The Bertz CT molecular complexity index is 1100. The minimum absolute atomic E-state index is 0.102. The number of benzene rings is 2. The Hall–Kier alpha value is -3.74. The third-order valence-corrected chi connectivity index (χ3v) is 4.83. The number of carbonyl (C=O) groups is 3. The lowest BCUT2D eigenvalue weighted by Crippen LogP contribution is -2.18. The van der Waals surface area contributed by atoms with Crippen molar-refractivity contribution in [1.82, 2.24) is 9.78 Å². The van der Waals surface area contributed by atoms with Gasteiger partial charge in [0.1, 0.15) is 5.56 Å². The quantitative estimate of drug-likeness (QED) is 0.459. The number of aryl methyl sites for hydroxylation is 1. The molecule has 0 atom stereocenters. The van der Waals surface area contributed by atoms with Crippen molar-refractivity contribution in [3.8, 4) is 5.69 Å². The maximum absolute atomic E-state index is 12.6. The van der Waals surface area contributed by atoms with E-state index in [4.69, 9.17) is 4.74 Å². The Kier molecular flexibility index (Phi) is 6.65. The van der Waals surface area contributed by atoms with E-state index in [1.54, 1.807) is 56.6 Å². The van der Waals surface area contributed by atoms with E-state index in [1.165, 1.54) is 0 Å². The van der Waals surface area contributed by atoms with E-state index in [9.17, 15) is 14.4 Å². The van der Waals surface area contributed by atoms with E-state index < -0.39 is 5.97 Å². The number of carbonyl (C=O) groups excluding carboxylic acids is 3. The van der Waals surface area contributed by atoms with E-state index in [0.717, 1.165) is 5.69 Å². The van der Waals surface area contributed by atoms with Crippen molar-refractivity contribution >= 4 is 23.3 Å². The Morgan fingerprint density at radius 1 is 1.00 bits per heavy atom. The molecule has 0 bridgehead atoms. The summed E-state index contributed by atoms with van der Waals surface area (Å²) in [6, 6.07) is 16.0. The Balaban J connectivity index is 1.65. The molecule has 2 aromatic carbocycles. The van der Waals surface area contributed by atoms with Crippen LogP contribution in [-0.2, 0) is 9.53 Å². The molecule has 1 aromatic heterocycles. The molecule has 0 aliphatic heterocycles. The molecule has 160 valence electrons. The molecule has 7 nitrogen and oxygen atoms in total. The molecule has 0 spiro atoms. The fourth-order valence-corrected chi connectivity index (χ4v) is 3.07. The molecule has 0 radical (unpaired) electrons. The SMILES string of the molecule is Cc1nn(-c2ccccc2)c(C)c1C(=O)OCC(=O)c1ccc(NC(=O)C(C)C)cc1. The molecule has 0 fully saturated rings. The lowest BCUT2D eigenvalue weighted by Gasteiger charge is -2.09. The molecule has 1 heterocycles. The summed E-state index contributed by atoms with van der Waals surface area (Å²) < 4.78 is 6.95. The Labute approximate surface area is 181 Å². The lowest BCUT2D eigenvalue weighted by atomic mass is 10.1. The van der Waals surface area contributed by atoms with Crippen molar-refractivity contribution in [1.29, 1.82) is 0 Å². The van der Waals surface area contributed by atoms with Gasteiger partial charge in [-0.3, -0.25) is 9.59 Å². The molecule has 0 unspecified atom stereocenters. The van der Waals surface area contributed by atoms with Crippen LogP contribution < -0.4 is 5.32 Å². The van der Waals surface area contributed by atoms with Gasteiger partial charge in [-0.25, -0.2) is 9.48 Å². The highest BCUT2D eigenvalue weighted by Gasteiger charge is 2.22. The number of nitrogens with one attached hydrogen (secondary N) is 1. The van der Waals surface area contributed by atoms with Crippen molar-refractivity contribution in [2.24, 2.45) is 5.92 Å². The summed E-state index contributed by atoms with van der Waals surface area (Å²) in [4.78, 5) is 36.8. The van der Waals surface area contributed by atoms with Crippen molar-refractivity contribution in [3.05, 3.63) is 77.1 Å². The molecular weight excluding hydrogens is 394 g/mol. The number of rotatable bonds is 7. The van der Waals surface area contributed by atoms with E-state index in [-0.39, 0.29) is 24.2 Å². The van der Waals surface area contributed by atoms with Crippen LogP contribution in [0.15, 0.2) is 54.6 Å². The maximum Gasteiger partial charge on any atom is 0.342 e. The smallest absolute Gasteiger partial charge is 0.342 e. The van der Waals surface area contributed by atoms with Crippen molar-refractivity contribution in [3.63, 3.8) is 0 Å². The zero-order valence-corrected chi connectivity index (χ0v) is 18.0. The fourth-order valence-electron chi connectivity index (χ4n) is 3.07. The van der Waals surface area contributed by atoms with Crippen LogP contribution in [0.5, 0.6) is 0 Å². The summed E-state index contributed by atoms with van der Waals surface area (Å²) in [6.45, 7) is 6.74. The molecule has 0 saturated carbocycles. The van der Waals surface area contributed by atoms with Gasteiger partial charge in [0.25, 0.3) is 0 Å². The van der Waals surface area contributed by atoms with E-state index >= 15 is 0 Å². The zero-order chi connectivity index (χ0) is 22.5. The largest absolute Gasteiger partial charge is 0.454 e.